The molecule has 7 heteroatoms. The topological polar surface area (TPSA) is 93.5 Å². The number of carbonyl (C=O) groups is 1. The maximum Gasteiger partial charge on any atom is 0.319 e. The lowest BCUT2D eigenvalue weighted by Gasteiger charge is -2.15. The molecule has 0 aliphatic carbocycles. The van der Waals surface area contributed by atoms with Gasteiger partial charge in [-0.15, -0.1) is 0 Å². The summed E-state index contributed by atoms with van der Waals surface area (Å²) in [5, 5.41) is 16.3. The first kappa shape index (κ1) is 18.3. The molecular weight excluding hydrogens is 322 g/mol. The summed E-state index contributed by atoms with van der Waals surface area (Å²) in [5.41, 5.74) is 0.662. The number of nitrogens with one attached hydrogen (secondary N) is 2. The summed E-state index contributed by atoms with van der Waals surface area (Å²) in [5.74, 6) is 1.07. The summed E-state index contributed by atoms with van der Waals surface area (Å²) in [6.45, 7) is 4.05. The van der Waals surface area contributed by atoms with Crippen LogP contribution in [0.25, 0.3) is 0 Å². The van der Waals surface area contributed by atoms with Crippen LogP contribution >= 0.6 is 0 Å². The van der Waals surface area contributed by atoms with E-state index in [1.54, 1.807) is 24.3 Å². The first-order valence-corrected chi connectivity index (χ1v) is 8.11. The minimum absolute atomic E-state index is 0.00960. The zero-order valence-electron chi connectivity index (χ0n) is 14.2. The van der Waals surface area contributed by atoms with E-state index in [0.717, 1.165) is 12.8 Å². The fraction of sp³-hybridized carbons (Fsp3) is 0.278. The molecule has 0 aliphatic heterocycles. The van der Waals surface area contributed by atoms with Gasteiger partial charge in [-0.3, -0.25) is 10.1 Å². The van der Waals surface area contributed by atoms with Crippen molar-refractivity contribution in [3.05, 3.63) is 58.6 Å². The van der Waals surface area contributed by atoms with Gasteiger partial charge in [-0.2, -0.15) is 0 Å². The van der Waals surface area contributed by atoms with Crippen LogP contribution in [-0.2, 0) is 0 Å². The van der Waals surface area contributed by atoms with Crippen molar-refractivity contribution in [2.75, 3.05) is 5.32 Å². The number of urea groups is 1. The van der Waals surface area contributed by atoms with E-state index in [4.69, 9.17) is 4.74 Å². The number of nitro groups is 1. The molecule has 0 saturated carbocycles. The fourth-order valence-corrected chi connectivity index (χ4v) is 2.22. The molecule has 0 spiro atoms. The van der Waals surface area contributed by atoms with Crippen LogP contribution in [0.2, 0.25) is 0 Å². The van der Waals surface area contributed by atoms with Gasteiger partial charge in [0, 0.05) is 23.9 Å². The lowest BCUT2D eigenvalue weighted by Crippen LogP contribution is -2.37. The number of amides is 2. The molecule has 0 bridgehead atoms. The number of non-ortho nitro benzene ring substituents is 1. The number of nitro benzene ring substituents is 1. The average Bonchev–Trinajstić information content (AvgIpc) is 2.61. The lowest BCUT2D eigenvalue weighted by molar-refractivity contribution is -0.384. The molecule has 25 heavy (non-hydrogen) atoms. The third-order valence-corrected chi connectivity index (χ3v) is 3.72. The number of rotatable bonds is 7. The quantitative estimate of drug-likeness (QED) is 0.563. The van der Waals surface area contributed by atoms with E-state index in [1.807, 2.05) is 13.8 Å². The zero-order chi connectivity index (χ0) is 18.2. The highest BCUT2D eigenvalue weighted by Crippen LogP contribution is 2.25. The predicted octanol–water partition coefficient (Wildman–Crippen LogP) is 4.70. The van der Waals surface area contributed by atoms with E-state index in [0.29, 0.717) is 17.2 Å². The molecule has 2 amide bonds. The van der Waals surface area contributed by atoms with Gasteiger partial charge in [-0.05, 0) is 49.2 Å². The third-order valence-electron chi connectivity index (χ3n) is 3.72. The van der Waals surface area contributed by atoms with Gasteiger partial charge >= 0.3 is 6.03 Å². The normalized spacial score (nSPS) is 10.4. The number of anilines is 1. The second-order valence-corrected chi connectivity index (χ2v) is 5.49. The highest BCUT2D eigenvalue weighted by molar-refractivity contribution is 5.89. The van der Waals surface area contributed by atoms with E-state index in [1.165, 1.54) is 24.3 Å². The van der Waals surface area contributed by atoms with Gasteiger partial charge in [0.15, 0.2) is 0 Å². The van der Waals surface area contributed by atoms with Crippen molar-refractivity contribution >= 4 is 17.4 Å². The van der Waals surface area contributed by atoms with Crippen LogP contribution in [0.15, 0.2) is 48.5 Å². The monoisotopic (exact) mass is 343 g/mol. The number of carbonyl (C=O) groups excluding carboxylic acids is 1. The van der Waals surface area contributed by atoms with Crippen LogP contribution in [0.1, 0.15) is 26.7 Å². The molecule has 0 atom stereocenters. The molecule has 0 unspecified atom stereocenters. The second kappa shape index (κ2) is 8.68. The molecule has 2 N–H and O–H groups in total. The summed E-state index contributed by atoms with van der Waals surface area (Å²) in [6.07, 6.45) is 1.76. The van der Waals surface area contributed by atoms with Gasteiger partial charge < -0.3 is 15.4 Å². The number of hydrogen-bond acceptors (Lipinski definition) is 4. The Labute approximate surface area is 146 Å². The first-order valence-electron chi connectivity index (χ1n) is 8.11. The number of nitrogens with zero attached hydrogens (tertiary/aromatic N) is 1. The molecule has 0 fully saturated rings. The van der Waals surface area contributed by atoms with Crippen LogP contribution in [0.5, 0.6) is 11.5 Å². The highest BCUT2D eigenvalue weighted by atomic mass is 16.6. The van der Waals surface area contributed by atoms with Crippen molar-refractivity contribution in [1.29, 1.82) is 0 Å². The molecule has 0 saturated heterocycles. The Hall–Kier alpha value is -3.09. The van der Waals surface area contributed by atoms with Crippen LogP contribution < -0.4 is 15.4 Å². The molecule has 132 valence electrons. The van der Waals surface area contributed by atoms with Crippen LogP contribution in [0.4, 0.5) is 16.2 Å². The van der Waals surface area contributed by atoms with Crippen LogP contribution in [-0.4, -0.2) is 17.0 Å². The van der Waals surface area contributed by atoms with Crippen LogP contribution in [0.3, 0.4) is 0 Å². The largest absolute Gasteiger partial charge is 0.457 e. The number of ether oxygens (including phenoxy) is 1. The Morgan fingerprint density at radius 1 is 1.04 bits per heavy atom. The Kier molecular flexibility index (Phi) is 6.33. The van der Waals surface area contributed by atoms with Crippen molar-refractivity contribution in [1.82, 2.24) is 5.32 Å². The van der Waals surface area contributed by atoms with Crippen molar-refractivity contribution in [3.63, 3.8) is 0 Å². The SMILES string of the molecule is CCC(CC)NC(=O)Nc1ccc(Oc2ccc([N+](=O)[O-])cc2)cc1. The molecule has 0 heterocycles. The predicted molar refractivity (Wildman–Crippen MR) is 96.1 cm³/mol. The van der Waals surface area contributed by atoms with Gasteiger partial charge in [-0.1, -0.05) is 13.8 Å². The van der Waals surface area contributed by atoms with E-state index in [-0.39, 0.29) is 17.8 Å². The minimum atomic E-state index is -0.461. The average molecular weight is 343 g/mol. The zero-order valence-corrected chi connectivity index (χ0v) is 14.2. The first-order chi connectivity index (χ1) is 12.0. The van der Waals surface area contributed by atoms with E-state index < -0.39 is 4.92 Å². The fourth-order valence-electron chi connectivity index (χ4n) is 2.22. The summed E-state index contributed by atoms with van der Waals surface area (Å²) < 4.78 is 5.62. The van der Waals surface area contributed by atoms with Crippen molar-refractivity contribution in [3.8, 4) is 11.5 Å². The molecular formula is C18H21N3O4. The Morgan fingerprint density at radius 3 is 2.04 bits per heavy atom. The minimum Gasteiger partial charge on any atom is -0.457 e. The van der Waals surface area contributed by atoms with Gasteiger partial charge in [0.05, 0.1) is 4.92 Å². The van der Waals surface area contributed by atoms with Crippen molar-refractivity contribution in [2.24, 2.45) is 0 Å². The van der Waals surface area contributed by atoms with E-state index in [2.05, 4.69) is 10.6 Å². The van der Waals surface area contributed by atoms with Gasteiger partial charge in [-0.25, -0.2) is 4.79 Å². The molecule has 2 aromatic carbocycles. The number of benzene rings is 2. The Morgan fingerprint density at radius 2 is 1.56 bits per heavy atom. The van der Waals surface area contributed by atoms with Gasteiger partial charge in [0.1, 0.15) is 11.5 Å². The summed E-state index contributed by atoms with van der Waals surface area (Å²) in [6, 6.07) is 12.6. The highest BCUT2D eigenvalue weighted by Gasteiger charge is 2.08. The third kappa shape index (κ3) is 5.49. The van der Waals surface area contributed by atoms with Gasteiger partial charge in [0.25, 0.3) is 5.69 Å². The van der Waals surface area contributed by atoms with Crippen molar-refractivity contribution < 1.29 is 14.5 Å². The van der Waals surface area contributed by atoms with E-state index >= 15 is 0 Å². The second-order valence-electron chi connectivity index (χ2n) is 5.49. The molecule has 0 aromatic heterocycles. The molecule has 0 radical (unpaired) electrons. The molecule has 2 aromatic rings. The van der Waals surface area contributed by atoms with E-state index in [9.17, 15) is 14.9 Å². The summed E-state index contributed by atoms with van der Waals surface area (Å²) in [7, 11) is 0. The smallest absolute Gasteiger partial charge is 0.319 e. The number of hydrogen-bond donors (Lipinski definition) is 2. The Bertz CT molecular complexity index is 710. The maximum absolute atomic E-state index is 11.9. The Balaban J connectivity index is 1.93. The summed E-state index contributed by atoms with van der Waals surface area (Å²) in [4.78, 5) is 22.1. The molecule has 0 aliphatic rings. The van der Waals surface area contributed by atoms with Crippen LogP contribution in [0, 0.1) is 10.1 Å². The summed E-state index contributed by atoms with van der Waals surface area (Å²) >= 11 is 0. The standard InChI is InChI=1S/C18H21N3O4/c1-3-13(4-2)19-18(22)20-14-5-9-16(10-6-14)25-17-11-7-15(8-12-17)21(23)24/h5-13H,3-4H2,1-2H3,(H2,19,20,22). The molecule has 2 rings (SSSR count). The maximum atomic E-state index is 11.9. The van der Waals surface area contributed by atoms with Crippen molar-refractivity contribution in [2.45, 2.75) is 32.7 Å². The lowest BCUT2D eigenvalue weighted by atomic mass is 10.2. The van der Waals surface area contributed by atoms with Gasteiger partial charge in [0.2, 0.25) is 0 Å². The molecule has 7 nitrogen and oxygen atoms in total.